The molecular weight excluding hydrogens is 252 g/mol. The van der Waals surface area contributed by atoms with E-state index < -0.39 is 0 Å². The van der Waals surface area contributed by atoms with Gasteiger partial charge in [-0.25, -0.2) is 4.98 Å². The smallest absolute Gasteiger partial charge is 0.229 e. The standard InChI is InChI=1S/C15H26N4O/c1-4-19(13-8-6-12(16)7-9-13)15-17-11(3)10-14(18-15)20-5-2/h10,12-13H,4-9,16H2,1-3H3. The Bertz CT molecular complexity index is 430. The molecule has 1 heterocycles. The summed E-state index contributed by atoms with van der Waals surface area (Å²) >= 11 is 0. The van der Waals surface area contributed by atoms with Crippen molar-refractivity contribution in [3.8, 4) is 5.88 Å². The topological polar surface area (TPSA) is 64.3 Å². The molecule has 1 fully saturated rings. The van der Waals surface area contributed by atoms with Gasteiger partial charge in [0, 0.05) is 30.4 Å². The second kappa shape index (κ2) is 6.88. The summed E-state index contributed by atoms with van der Waals surface area (Å²) in [5, 5.41) is 0. The van der Waals surface area contributed by atoms with Gasteiger partial charge in [-0.05, 0) is 46.5 Å². The first-order valence-corrected chi connectivity index (χ1v) is 7.64. The Labute approximate surface area is 121 Å². The number of aromatic nitrogens is 2. The van der Waals surface area contributed by atoms with Crippen LogP contribution in [0.2, 0.25) is 0 Å². The van der Waals surface area contributed by atoms with Crippen LogP contribution in [0.15, 0.2) is 6.07 Å². The third kappa shape index (κ3) is 3.60. The molecule has 20 heavy (non-hydrogen) atoms. The van der Waals surface area contributed by atoms with Gasteiger partial charge in [-0.3, -0.25) is 0 Å². The molecule has 0 atom stereocenters. The molecule has 0 aromatic carbocycles. The zero-order valence-corrected chi connectivity index (χ0v) is 12.8. The molecule has 2 N–H and O–H groups in total. The average molecular weight is 278 g/mol. The van der Waals surface area contributed by atoms with Gasteiger partial charge >= 0.3 is 0 Å². The normalized spacial score (nSPS) is 22.6. The van der Waals surface area contributed by atoms with E-state index in [1.807, 2.05) is 19.9 Å². The lowest BCUT2D eigenvalue weighted by atomic mass is 9.91. The third-order valence-corrected chi connectivity index (χ3v) is 3.89. The van der Waals surface area contributed by atoms with Gasteiger partial charge in [-0.2, -0.15) is 4.98 Å². The summed E-state index contributed by atoms with van der Waals surface area (Å²) in [5.41, 5.74) is 6.94. The molecule has 0 radical (unpaired) electrons. The van der Waals surface area contributed by atoms with Crippen molar-refractivity contribution >= 4 is 5.95 Å². The highest BCUT2D eigenvalue weighted by atomic mass is 16.5. The van der Waals surface area contributed by atoms with Gasteiger partial charge < -0.3 is 15.4 Å². The molecule has 0 spiro atoms. The fraction of sp³-hybridized carbons (Fsp3) is 0.733. The van der Waals surface area contributed by atoms with E-state index in [4.69, 9.17) is 10.5 Å². The minimum atomic E-state index is 0.363. The van der Waals surface area contributed by atoms with E-state index in [-0.39, 0.29) is 0 Å². The van der Waals surface area contributed by atoms with Crippen molar-refractivity contribution in [1.82, 2.24) is 9.97 Å². The summed E-state index contributed by atoms with van der Waals surface area (Å²) in [6.07, 6.45) is 4.42. The molecule has 1 aromatic rings. The number of hydrogen-bond acceptors (Lipinski definition) is 5. The highest BCUT2D eigenvalue weighted by molar-refractivity contribution is 5.35. The number of hydrogen-bond donors (Lipinski definition) is 1. The maximum atomic E-state index is 6.00. The second-order valence-corrected chi connectivity index (χ2v) is 5.44. The minimum Gasteiger partial charge on any atom is -0.478 e. The first kappa shape index (κ1) is 15.0. The highest BCUT2D eigenvalue weighted by Gasteiger charge is 2.25. The highest BCUT2D eigenvalue weighted by Crippen LogP contribution is 2.26. The van der Waals surface area contributed by atoms with Crippen LogP contribution in [0, 0.1) is 6.92 Å². The maximum absolute atomic E-state index is 6.00. The van der Waals surface area contributed by atoms with Crippen molar-refractivity contribution in [1.29, 1.82) is 0 Å². The molecule has 0 unspecified atom stereocenters. The third-order valence-electron chi connectivity index (χ3n) is 3.89. The number of anilines is 1. The number of nitrogens with zero attached hydrogens (tertiary/aromatic N) is 3. The van der Waals surface area contributed by atoms with Crippen molar-refractivity contribution < 1.29 is 4.74 Å². The number of nitrogens with two attached hydrogens (primary N) is 1. The molecule has 1 aliphatic rings. The van der Waals surface area contributed by atoms with Crippen LogP contribution >= 0.6 is 0 Å². The molecule has 0 saturated heterocycles. The van der Waals surface area contributed by atoms with Crippen LogP contribution in [0.5, 0.6) is 5.88 Å². The Morgan fingerprint density at radius 3 is 2.55 bits per heavy atom. The van der Waals surface area contributed by atoms with Crippen molar-refractivity contribution in [2.75, 3.05) is 18.1 Å². The summed E-state index contributed by atoms with van der Waals surface area (Å²) in [6, 6.07) is 2.75. The Morgan fingerprint density at radius 2 is 1.95 bits per heavy atom. The van der Waals surface area contributed by atoms with Crippen LogP contribution in [0.1, 0.15) is 45.2 Å². The van der Waals surface area contributed by atoms with Crippen molar-refractivity contribution in [2.45, 2.75) is 58.5 Å². The summed E-state index contributed by atoms with van der Waals surface area (Å²) in [6.45, 7) is 7.64. The molecule has 0 bridgehead atoms. The number of ether oxygens (including phenoxy) is 1. The van der Waals surface area contributed by atoms with Crippen LogP contribution in [0.3, 0.4) is 0 Å². The second-order valence-electron chi connectivity index (χ2n) is 5.44. The molecule has 1 saturated carbocycles. The lowest BCUT2D eigenvalue weighted by molar-refractivity contribution is 0.324. The predicted molar refractivity (Wildman–Crippen MR) is 81.2 cm³/mol. The molecular formula is C15H26N4O. The van der Waals surface area contributed by atoms with Crippen molar-refractivity contribution in [3.63, 3.8) is 0 Å². The van der Waals surface area contributed by atoms with Crippen LogP contribution in [0.25, 0.3) is 0 Å². The van der Waals surface area contributed by atoms with E-state index in [1.54, 1.807) is 0 Å². The quantitative estimate of drug-likeness (QED) is 0.895. The van der Waals surface area contributed by atoms with Crippen LogP contribution < -0.4 is 15.4 Å². The van der Waals surface area contributed by atoms with Crippen molar-refractivity contribution in [3.05, 3.63) is 11.8 Å². The van der Waals surface area contributed by atoms with Gasteiger partial charge in [-0.15, -0.1) is 0 Å². The molecule has 5 heteroatoms. The predicted octanol–water partition coefficient (Wildman–Crippen LogP) is 2.28. The summed E-state index contributed by atoms with van der Waals surface area (Å²) in [7, 11) is 0. The minimum absolute atomic E-state index is 0.363. The molecule has 1 aromatic heterocycles. The van der Waals surface area contributed by atoms with E-state index in [9.17, 15) is 0 Å². The Balaban J connectivity index is 2.18. The molecule has 0 amide bonds. The lowest BCUT2D eigenvalue weighted by Gasteiger charge is -2.35. The average Bonchev–Trinajstić information content (AvgIpc) is 2.41. The molecule has 1 aliphatic carbocycles. The van der Waals surface area contributed by atoms with Gasteiger partial charge in [0.1, 0.15) is 0 Å². The Morgan fingerprint density at radius 1 is 1.25 bits per heavy atom. The first-order valence-electron chi connectivity index (χ1n) is 7.64. The molecule has 112 valence electrons. The van der Waals surface area contributed by atoms with Crippen LogP contribution in [-0.2, 0) is 0 Å². The van der Waals surface area contributed by atoms with Crippen LogP contribution in [-0.4, -0.2) is 35.2 Å². The molecule has 5 nitrogen and oxygen atoms in total. The van der Waals surface area contributed by atoms with Gasteiger partial charge in [-0.1, -0.05) is 0 Å². The molecule has 0 aliphatic heterocycles. The fourth-order valence-corrected chi connectivity index (χ4v) is 2.85. The van der Waals surface area contributed by atoms with E-state index in [0.717, 1.165) is 43.9 Å². The van der Waals surface area contributed by atoms with E-state index in [0.29, 0.717) is 24.6 Å². The van der Waals surface area contributed by atoms with E-state index >= 15 is 0 Å². The summed E-state index contributed by atoms with van der Waals surface area (Å²) in [4.78, 5) is 11.4. The first-order chi connectivity index (χ1) is 9.63. The summed E-state index contributed by atoms with van der Waals surface area (Å²) < 4.78 is 5.53. The largest absolute Gasteiger partial charge is 0.478 e. The van der Waals surface area contributed by atoms with Gasteiger partial charge in [0.15, 0.2) is 0 Å². The van der Waals surface area contributed by atoms with Gasteiger partial charge in [0.2, 0.25) is 11.8 Å². The van der Waals surface area contributed by atoms with E-state index in [1.165, 1.54) is 0 Å². The van der Waals surface area contributed by atoms with E-state index in [2.05, 4.69) is 21.8 Å². The fourth-order valence-electron chi connectivity index (χ4n) is 2.85. The monoisotopic (exact) mass is 278 g/mol. The van der Waals surface area contributed by atoms with Gasteiger partial charge in [0.05, 0.1) is 6.61 Å². The number of aryl methyl sites for hydroxylation is 1. The Hall–Kier alpha value is -1.36. The Kier molecular flexibility index (Phi) is 5.17. The van der Waals surface area contributed by atoms with Crippen LogP contribution in [0.4, 0.5) is 5.95 Å². The number of rotatable bonds is 5. The van der Waals surface area contributed by atoms with Gasteiger partial charge in [0.25, 0.3) is 0 Å². The molecule has 2 rings (SSSR count). The zero-order chi connectivity index (χ0) is 14.5. The van der Waals surface area contributed by atoms with Crippen molar-refractivity contribution in [2.24, 2.45) is 5.73 Å². The SMILES string of the molecule is CCOc1cc(C)nc(N(CC)C2CCC(N)CC2)n1. The zero-order valence-electron chi connectivity index (χ0n) is 12.8. The maximum Gasteiger partial charge on any atom is 0.229 e. The lowest BCUT2D eigenvalue weighted by Crippen LogP contribution is -2.41. The summed E-state index contributed by atoms with van der Waals surface area (Å²) in [5.74, 6) is 1.46.